The third kappa shape index (κ3) is 6.14. The zero-order chi connectivity index (χ0) is 31.1. The van der Waals surface area contributed by atoms with E-state index in [9.17, 15) is 18.3 Å². The first-order chi connectivity index (χ1) is 21.1. The number of aliphatic hydroxyl groups excluding tert-OH is 1. The summed E-state index contributed by atoms with van der Waals surface area (Å²) >= 11 is 6.40. The quantitative estimate of drug-likeness (QED) is 0.376. The van der Waals surface area contributed by atoms with Gasteiger partial charge in [0.1, 0.15) is 5.75 Å². The standard InChI is InChI=1S/C35H45ClN2O5S/c1-3-4-10-33-23(2)7-5-9-31(39)28-14-11-26(28)20-38-21-35(17-6-8-24-18-27(36)13-15-29(24)35)22-43-32-16-12-25(19-30(32)38)34(40)37-44(33,41)42/h5,9,12-13,15-16,18-19,23,26,28,31,33,39H,3-4,6-8,10-11,14,17,20-22H2,1-2H3,(H,37,40)/b9-5+/t23-,26?,28?,31?,33?,35+/m1/s1. The van der Waals surface area contributed by atoms with Crippen LogP contribution in [-0.2, 0) is 21.9 Å². The fraction of sp³-hybridized carbons (Fsp3) is 0.571. The number of nitrogens with one attached hydrogen (secondary N) is 1. The molecule has 238 valence electrons. The molecule has 44 heavy (non-hydrogen) atoms. The first-order valence-corrected chi connectivity index (χ1v) is 18.2. The topological polar surface area (TPSA) is 95.9 Å². The predicted octanol–water partition coefficient (Wildman–Crippen LogP) is 6.41. The molecule has 1 spiro atoms. The van der Waals surface area contributed by atoms with Crippen molar-refractivity contribution >= 4 is 33.2 Å². The van der Waals surface area contributed by atoms with Crippen LogP contribution in [-0.4, -0.2) is 50.5 Å². The Bertz CT molecular complexity index is 1530. The second-order valence-electron chi connectivity index (χ2n) is 13.6. The van der Waals surface area contributed by atoms with Gasteiger partial charge in [-0.2, -0.15) is 0 Å². The van der Waals surface area contributed by atoms with Crippen molar-refractivity contribution in [2.45, 2.75) is 88.4 Å². The van der Waals surface area contributed by atoms with E-state index in [1.807, 2.05) is 38.1 Å². The molecule has 0 radical (unpaired) electrons. The van der Waals surface area contributed by atoms with Gasteiger partial charge in [0, 0.05) is 29.1 Å². The Morgan fingerprint density at radius 3 is 2.80 bits per heavy atom. The lowest BCUT2D eigenvalue weighted by atomic mass is 9.68. The van der Waals surface area contributed by atoms with Gasteiger partial charge in [-0.25, -0.2) is 13.1 Å². The highest BCUT2D eigenvalue weighted by atomic mass is 35.5. The van der Waals surface area contributed by atoms with Crippen LogP contribution in [0.15, 0.2) is 48.6 Å². The van der Waals surface area contributed by atoms with Crippen molar-refractivity contribution in [3.63, 3.8) is 0 Å². The number of fused-ring (bicyclic) bond motifs is 4. The van der Waals surface area contributed by atoms with E-state index in [2.05, 4.69) is 21.8 Å². The molecule has 2 N–H and O–H groups in total. The molecule has 1 saturated carbocycles. The summed E-state index contributed by atoms with van der Waals surface area (Å²) in [6.45, 7) is 5.87. The normalized spacial score (nSPS) is 32.3. The summed E-state index contributed by atoms with van der Waals surface area (Å²) in [5.41, 5.74) is 3.35. The van der Waals surface area contributed by atoms with Crippen molar-refractivity contribution < 1.29 is 23.1 Å². The number of carbonyl (C=O) groups is 1. The molecule has 4 unspecified atom stereocenters. The highest BCUT2D eigenvalue weighted by Crippen LogP contribution is 2.46. The van der Waals surface area contributed by atoms with Gasteiger partial charge in [0.15, 0.2) is 0 Å². The average Bonchev–Trinajstić information content (AvgIpc) is 3.11. The maximum absolute atomic E-state index is 13.6. The fourth-order valence-corrected chi connectivity index (χ4v) is 9.87. The summed E-state index contributed by atoms with van der Waals surface area (Å²) in [6.07, 6.45) is 10.8. The third-order valence-electron chi connectivity index (χ3n) is 10.6. The molecule has 0 aromatic heterocycles. The summed E-state index contributed by atoms with van der Waals surface area (Å²) in [5, 5.41) is 11.3. The van der Waals surface area contributed by atoms with Crippen molar-refractivity contribution in [1.29, 1.82) is 0 Å². The molecule has 6 rings (SSSR count). The van der Waals surface area contributed by atoms with E-state index in [0.717, 1.165) is 62.2 Å². The molecule has 4 aliphatic rings. The van der Waals surface area contributed by atoms with E-state index in [4.69, 9.17) is 16.3 Å². The number of carbonyl (C=O) groups excluding carboxylic acids is 1. The van der Waals surface area contributed by atoms with Crippen LogP contribution in [0.5, 0.6) is 5.75 Å². The predicted molar refractivity (Wildman–Crippen MR) is 175 cm³/mol. The number of hydrogen-bond donors (Lipinski definition) is 2. The zero-order valence-electron chi connectivity index (χ0n) is 25.8. The number of amides is 1. The van der Waals surface area contributed by atoms with Crippen LogP contribution in [0.2, 0.25) is 5.02 Å². The van der Waals surface area contributed by atoms with Crippen LogP contribution < -0.4 is 14.4 Å². The molecule has 1 fully saturated rings. The molecule has 2 aliphatic carbocycles. The van der Waals surface area contributed by atoms with Crippen molar-refractivity contribution in [2.75, 3.05) is 24.6 Å². The molecule has 9 heteroatoms. The number of nitrogens with zero attached hydrogens (tertiary/aromatic N) is 1. The second-order valence-corrected chi connectivity index (χ2v) is 15.9. The number of ether oxygens (including phenoxy) is 1. The molecule has 2 aromatic rings. The minimum absolute atomic E-state index is 0.126. The summed E-state index contributed by atoms with van der Waals surface area (Å²) in [6, 6.07) is 11.5. The molecule has 1 amide bonds. The summed E-state index contributed by atoms with van der Waals surface area (Å²) < 4.78 is 36.2. The smallest absolute Gasteiger partial charge is 0.264 e. The number of aryl methyl sites for hydroxylation is 1. The first-order valence-electron chi connectivity index (χ1n) is 16.3. The Labute approximate surface area is 267 Å². The number of anilines is 1. The van der Waals surface area contributed by atoms with Gasteiger partial charge in [0.2, 0.25) is 10.0 Å². The first kappa shape index (κ1) is 31.4. The molecule has 0 saturated heterocycles. The Balaban J connectivity index is 1.41. The monoisotopic (exact) mass is 640 g/mol. The Morgan fingerprint density at radius 2 is 2.02 bits per heavy atom. The second kappa shape index (κ2) is 12.7. The average molecular weight is 641 g/mol. The molecule has 2 aliphatic heterocycles. The summed E-state index contributed by atoms with van der Waals surface area (Å²) in [5.74, 6) is 0.278. The number of rotatable bonds is 3. The largest absolute Gasteiger partial charge is 0.490 e. The van der Waals surface area contributed by atoms with Crippen molar-refractivity contribution in [1.82, 2.24) is 4.72 Å². The number of halogens is 1. The number of sulfonamides is 1. The number of allylic oxidation sites excluding steroid dienone is 1. The SMILES string of the molecule is CCCCC1[C@H](C)C/C=C/C(O)C2CCC2CN2C[C@@]3(CCCc4cc(Cl)ccc43)COc3ccc(cc32)C(=O)NS1(=O)=O. The highest BCUT2D eigenvalue weighted by Gasteiger charge is 2.44. The van der Waals surface area contributed by atoms with Crippen LogP contribution in [0.3, 0.4) is 0 Å². The van der Waals surface area contributed by atoms with E-state index < -0.39 is 27.3 Å². The van der Waals surface area contributed by atoms with Crippen molar-refractivity contribution in [2.24, 2.45) is 17.8 Å². The maximum atomic E-state index is 13.6. The van der Waals surface area contributed by atoms with Crippen LogP contribution in [0, 0.1) is 17.8 Å². The Hall–Kier alpha value is -2.55. The van der Waals surface area contributed by atoms with Gasteiger partial charge < -0.3 is 14.7 Å². The summed E-state index contributed by atoms with van der Waals surface area (Å²) in [4.78, 5) is 15.9. The van der Waals surface area contributed by atoms with Crippen molar-refractivity contribution in [3.8, 4) is 5.75 Å². The number of benzene rings is 2. The van der Waals surface area contributed by atoms with Crippen LogP contribution in [0.25, 0.3) is 0 Å². The minimum atomic E-state index is -3.94. The van der Waals surface area contributed by atoms with Crippen LogP contribution >= 0.6 is 11.6 Å². The van der Waals surface area contributed by atoms with E-state index >= 15 is 0 Å². The number of unbranched alkanes of at least 4 members (excludes halogenated alkanes) is 1. The van der Waals surface area contributed by atoms with Gasteiger partial charge in [-0.15, -0.1) is 0 Å². The molecule has 7 nitrogen and oxygen atoms in total. The van der Waals surface area contributed by atoms with Gasteiger partial charge in [0.25, 0.3) is 5.91 Å². The van der Waals surface area contributed by atoms with Gasteiger partial charge in [0.05, 0.1) is 23.6 Å². The lowest BCUT2D eigenvalue weighted by Gasteiger charge is -2.45. The number of aliphatic hydroxyl groups is 1. The fourth-order valence-electron chi connectivity index (χ4n) is 7.95. The van der Waals surface area contributed by atoms with Gasteiger partial charge in [-0.1, -0.05) is 56.5 Å². The van der Waals surface area contributed by atoms with E-state index in [-0.39, 0.29) is 23.2 Å². The van der Waals surface area contributed by atoms with Crippen LogP contribution in [0.4, 0.5) is 5.69 Å². The molecule has 2 bridgehead atoms. The molecule has 2 aromatic carbocycles. The van der Waals surface area contributed by atoms with Crippen molar-refractivity contribution in [3.05, 3.63) is 70.3 Å². The third-order valence-corrected chi connectivity index (χ3v) is 12.8. The molecular formula is C35H45ClN2O5S. The minimum Gasteiger partial charge on any atom is -0.490 e. The van der Waals surface area contributed by atoms with E-state index in [0.29, 0.717) is 37.3 Å². The maximum Gasteiger partial charge on any atom is 0.264 e. The lowest BCUT2D eigenvalue weighted by molar-refractivity contribution is 0.0455. The number of hydrogen-bond acceptors (Lipinski definition) is 6. The molecule has 2 heterocycles. The van der Waals surface area contributed by atoms with Gasteiger partial charge in [-0.3, -0.25) is 4.79 Å². The van der Waals surface area contributed by atoms with E-state index in [1.54, 1.807) is 12.1 Å². The van der Waals surface area contributed by atoms with Gasteiger partial charge >= 0.3 is 0 Å². The zero-order valence-corrected chi connectivity index (χ0v) is 27.4. The Morgan fingerprint density at radius 1 is 1.18 bits per heavy atom. The molecule has 6 atom stereocenters. The van der Waals surface area contributed by atoms with E-state index in [1.165, 1.54) is 11.1 Å². The lowest BCUT2D eigenvalue weighted by Crippen LogP contribution is -2.49. The van der Waals surface area contributed by atoms with Crippen LogP contribution in [0.1, 0.15) is 86.7 Å². The van der Waals surface area contributed by atoms with Gasteiger partial charge in [-0.05, 0) is 104 Å². The summed E-state index contributed by atoms with van der Waals surface area (Å²) in [7, 11) is -3.94. The molecular weight excluding hydrogens is 596 g/mol. The Kier molecular flexibility index (Phi) is 9.06. The highest BCUT2D eigenvalue weighted by molar-refractivity contribution is 7.90.